The Morgan fingerprint density at radius 3 is 2.15 bits per heavy atom. The monoisotopic (exact) mass is 266 g/mol. The van der Waals surface area contributed by atoms with E-state index in [0.717, 1.165) is 0 Å². The van der Waals surface area contributed by atoms with Crippen LogP contribution in [0.2, 0.25) is 0 Å². The molecule has 1 aliphatic carbocycles. The van der Waals surface area contributed by atoms with Crippen LogP contribution in [0.4, 0.5) is 0 Å². The minimum absolute atomic E-state index is 0.345. The van der Waals surface area contributed by atoms with Crippen LogP contribution in [0.5, 0.6) is 5.75 Å². The van der Waals surface area contributed by atoms with Crippen molar-refractivity contribution in [1.82, 2.24) is 0 Å². The summed E-state index contributed by atoms with van der Waals surface area (Å²) >= 11 is 0. The van der Waals surface area contributed by atoms with Crippen molar-refractivity contribution in [2.24, 2.45) is 0 Å². The van der Waals surface area contributed by atoms with Crippen LogP contribution >= 0.6 is 0 Å². The highest BCUT2D eigenvalue weighted by molar-refractivity contribution is 5.36. The van der Waals surface area contributed by atoms with Gasteiger partial charge in [-0.15, -0.1) is 0 Å². The molecule has 1 heteroatoms. The van der Waals surface area contributed by atoms with Gasteiger partial charge in [-0.25, -0.2) is 0 Å². The number of aryl methyl sites for hydroxylation is 1. The maximum atomic E-state index is 9.43. The van der Waals surface area contributed by atoms with Gasteiger partial charge in [0.05, 0.1) is 0 Å². The van der Waals surface area contributed by atoms with Crippen molar-refractivity contribution >= 4 is 0 Å². The van der Waals surface area contributed by atoms with Crippen LogP contribution in [-0.2, 0) is 5.41 Å². The fourth-order valence-corrected chi connectivity index (χ4v) is 3.18. The maximum Gasteiger partial charge on any atom is 0.115 e. The zero-order valence-electron chi connectivity index (χ0n) is 12.3. The molecule has 1 saturated carbocycles. The predicted octanol–water partition coefficient (Wildman–Crippen LogP) is 4.93. The Labute approximate surface area is 121 Å². The lowest BCUT2D eigenvalue weighted by Crippen LogP contribution is -2.10. The molecule has 3 rings (SSSR count). The van der Waals surface area contributed by atoms with Crippen LogP contribution in [0.3, 0.4) is 0 Å². The first-order chi connectivity index (χ1) is 9.59. The molecule has 1 nitrogen and oxygen atoms in total. The molecule has 1 unspecified atom stereocenters. The summed E-state index contributed by atoms with van der Waals surface area (Å²) in [6.07, 6.45) is 3.74. The minimum atomic E-state index is 0.345. The molecule has 0 saturated heterocycles. The normalized spacial score (nSPS) is 17.7. The molecular formula is C19H22O. The van der Waals surface area contributed by atoms with Gasteiger partial charge in [-0.05, 0) is 60.8 Å². The molecule has 104 valence electrons. The lowest BCUT2D eigenvalue weighted by atomic mass is 9.83. The maximum absolute atomic E-state index is 9.43. The molecule has 1 atom stereocenters. The summed E-state index contributed by atoms with van der Waals surface area (Å²) in [4.78, 5) is 0. The van der Waals surface area contributed by atoms with Crippen LogP contribution in [0.1, 0.15) is 48.8 Å². The molecular weight excluding hydrogens is 244 g/mol. The smallest absolute Gasteiger partial charge is 0.115 e. The Balaban J connectivity index is 1.76. The quantitative estimate of drug-likeness (QED) is 0.832. The lowest BCUT2D eigenvalue weighted by Gasteiger charge is -2.21. The molecule has 2 aromatic rings. The summed E-state index contributed by atoms with van der Waals surface area (Å²) in [5.74, 6) is 0.933. The number of phenols is 1. The molecule has 0 radical (unpaired) electrons. The van der Waals surface area contributed by atoms with Crippen molar-refractivity contribution in [3.8, 4) is 5.75 Å². The van der Waals surface area contributed by atoms with E-state index in [-0.39, 0.29) is 0 Å². The Morgan fingerprint density at radius 1 is 1.00 bits per heavy atom. The zero-order valence-corrected chi connectivity index (χ0v) is 12.3. The highest BCUT2D eigenvalue weighted by Crippen LogP contribution is 2.54. The third-order valence-electron chi connectivity index (χ3n) is 4.68. The van der Waals surface area contributed by atoms with E-state index in [0.29, 0.717) is 17.1 Å². The Hall–Kier alpha value is -1.76. The predicted molar refractivity (Wildman–Crippen MR) is 83.2 cm³/mol. The lowest BCUT2D eigenvalue weighted by molar-refractivity contribution is 0.474. The van der Waals surface area contributed by atoms with Gasteiger partial charge in [-0.1, -0.05) is 48.9 Å². The van der Waals surface area contributed by atoms with Crippen LogP contribution < -0.4 is 0 Å². The third-order valence-corrected chi connectivity index (χ3v) is 4.68. The average Bonchev–Trinajstić information content (AvgIpc) is 3.21. The largest absolute Gasteiger partial charge is 0.508 e. The molecule has 0 aliphatic heterocycles. The number of rotatable bonds is 4. The summed E-state index contributed by atoms with van der Waals surface area (Å²) in [6, 6.07) is 16.7. The summed E-state index contributed by atoms with van der Waals surface area (Å²) < 4.78 is 0. The molecule has 0 spiro atoms. The standard InChI is InChI=1S/C19H22O/c1-14-3-5-16(6-4-14)15(2)13-19(11-12-19)17-7-9-18(20)10-8-17/h3-10,15,20H,11-13H2,1-2H3. The number of benzene rings is 2. The summed E-state index contributed by atoms with van der Waals surface area (Å²) in [5, 5.41) is 9.43. The van der Waals surface area contributed by atoms with Gasteiger partial charge in [0.2, 0.25) is 0 Å². The number of aromatic hydroxyl groups is 1. The van der Waals surface area contributed by atoms with Crippen LogP contribution in [-0.4, -0.2) is 5.11 Å². The van der Waals surface area contributed by atoms with E-state index >= 15 is 0 Å². The zero-order chi connectivity index (χ0) is 14.2. The van der Waals surface area contributed by atoms with Crippen LogP contribution in [0, 0.1) is 6.92 Å². The van der Waals surface area contributed by atoms with Gasteiger partial charge in [-0.2, -0.15) is 0 Å². The average molecular weight is 266 g/mol. The summed E-state index contributed by atoms with van der Waals surface area (Å²) in [5.41, 5.74) is 4.48. The van der Waals surface area contributed by atoms with Crippen molar-refractivity contribution in [3.05, 3.63) is 65.2 Å². The highest BCUT2D eigenvalue weighted by atomic mass is 16.3. The third kappa shape index (κ3) is 2.58. The van der Waals surface area contributed by atoms with E-state index in [9.17, 15) is 5.11 Å². The molecule has 0 aromatic heterocycles. The van der Waals surface area contributed by atoms with Gasteiger partial charge in [0.15, 0.2) is 0 Å². The highest BCUT2D eigenvalue weighted by Gasteiger charge is 2.44. The first-order valence-electron chi connectivity index (χ1n) is 7.45. The molecule has 0 amide bonds. The second kappa shape index (κ2) is 4.97. The molecule has 1 N–H and O–H groups in total. The summed E-state index contributed by atoms with van der Waals surface area (Å²) in [6.45, 7) is 4.46. The van der Waals surface area contributed by atoms with Crippen molar-refractivity contribution < 1.29 is 5.11 Å². The van der Waals surface area contributed by atoms with Gasteiger partial charge in [-0.3, -0.25) is 0 Å². The second-order valence-corrected chi connectivity index (χ2v) is 6.34. The Kier molecular flexibility index (Phi) is 3.29. The first kappa shape index (κ1) is 13.2. The fourth-order valence-electron chi connectivity index (χ4n) is 3.18. The van der Waals surface area contributed by atoms with E-state index in [1.165, 1.54) is 36.0 Å². The molecule has 0 heterocycles. The Bertz CT molecular complexity index is 576. The number of phenolic OH excluding ortho intramolecular Hbond substituents is 1. The van der Waals surface area contributed by atoms with E-state index in [1.54, 1.807) is 0 Å². The van der Waals surface area contributed by atoms with E-state index in [2.05, 4.69) is 50.2 Å². The van der Waals surface area contributed by atoms with Crippen molar-refractivity contribution in [3.63, 3.8) is 0 Å². The number of hydrogen-bond acceptors (Lipinski definition) is 1. The number of hydrogen-bond donors (Lipinski definition) is 1. The fraction of sp³-hybridized carbons (Fsp3) is 0.368. The molecule has 1 aliphatic rings. The van der Waals surface area contributed by atoms with Gasteiger partial charge in [0.1, 0.15) is 5.75 Å². The molecule has 20 heavy (non-hydrogen) atoms. The van der Waals surface area contributed by atoms with E-state index in [1.807, 2.05) is 12.1 Å². The van der Waals surface area contributed by atoms with E-state index in [4.69, 9.17) is 0 Å². The second-order valence-electron chi connectivity index (χ2n) is 6.34. The molecule has 2 aromatic carbocycles. The van der Waals surface area contributed by atoms with Crippen molar-refractivity contribution in [2.75, 3.05) is 0 Å². The Morgan fingerprint density at radius 2 is 1.60 bits per heavy atom. The minimum Gasteiger partial charge on any atom is -0.508 e. The van der Waals surface area contributed by atoms with Crippen molar-refractivity contribution in [1.29, 1.82) is 0 Å². The molecule has 1 fully saturated rings. The van der Waals surface area contributed by atoms with Gasteiger partial charge < -0.3 is 5.11 Å². The van der Waals surface area contributed by atoms with Gasteiger partial charge in [0.25, 0.3) is 0 Å². The van der Waals surface area contributed by atoms with E-state index < -0.39 is 0 Å². The van der Waals surface area contributed by atoms with Gasteiger partial charge in [0, 0.05) is 0 Å². The topological polar surface area (TPSA) is 20.2 Å². The van der Waals surface area contributed by atoms with Gasteiger partial charge >= 0.3 is 0 Å². The molecule has 0 bridgehead atoms. The SMILES string of the molecule is Cc1ccc(C(C)CC2(c3ccc(O)cc3)CC2)cc1. The van der Waals surface area contributed by atoms with Crippen molar-refractivity contribution in [2.45, 2.75) is 44.4 Å². The van der Waals surface area contributed by atoms with Crippen LogP contribution in [0.25, 0.3) is 0 Å². The summed E-state index contributed by atoms with van der Waals surface area (Å²) in [7, 11) is 0. The van der Waals surface area contributed by atoms with Crippen LogP contribution in [0.15, 0.2) is 48.5 Å². The first-order valence-corrected chi connectivity index (χ1v) is 7.45.